The van der Waals surface area contributed by atoms with Gasteiger partial charge in [0.2, 0.25) is 0 Å². The SMILES string of the molecule is O=C(CN1C(=O)SC(=Cc2ccc(OCc3ccccc3)cc2)C1=O)c1ccccc1. The minimum Gasteiger partial charge on any atom is -0.489 e. The number of nitrogens with zero attached hydrogens (tertiary/aromatic N) is 1. The zero-order chi connectivity index (χ0) is 21.6. The number of rotatable bonds is 7. The molecule has 3 aromatic carbocycles. The van der Waals surface area contributed by atoms with Crippen LogP contribution in [0.25, 0.3) is 6.08 Å². The topological polar surface area (TPSA) is 63.7 Å². The van der Waals surface area contributed by atoms with E-state index >= 15 is 0 Å². The Morgan fingerprint density at radius 2 is 1.52 bits per heavy atom. The number of thioether (sulfide) groups is 1. The van der Waals surface area contributed by atoms with Gasteiger partial charge in [0.15, 0.2) is 5.78 Å². The molecule has 4 rings (SSSR count). The zero-order valence-electron chi connectivity index (χ0n) is 16.6. The highest BCUT2D eigenvalue weighted by atomic mass is 32.2. The molecule has 0 aliphatic carbocycles. The van der Waals surface area contributed by atoms with Crippen LogP contribution >= 0.6 is 11.8 Å². The van der Waals surface area contributed by atoms with Gasteiger partial charge in [0.1, 0.15) is 12.4 Å². The Kier molecular flexibility index (Phi) is 6.29. The molecule has 0 radical (unpaired) electrons. The first-order chi connectivity index (χ1) is 15.1. The molecule has 3 aromatic rings. The van der Waals surface area contributed by atoms with Crippen molar-refractivity contribution in [3.8, 4) is 5.75 Å². The second-order valence-electron chi connectivity index (χ2n) is 6.90. The number of imide groups is 1. The van der Waals surface area contributed by atoms with Gasteiger partial charge in [-0.1, -0.05) is 72.8 Å². The number of ether oxygens (including phenoxy) is 1. The van der Waals surface area contributed by atoms with Crippen molar-refractivity contribution in [3.05, 3.63) is 107 Å². The molecule has 6 heteroatoms. The van der Waals surface area contributed by atoms with Crippen molar-refractivity contribution in [1.29, 1.82) is 0 Å². The maximum absolute atomic E-state index is 12.7. The van der Waals surface area contributed by atoms with Crippen LogP contribution in [0.2, 0.25) is 0 Å². The fourth-order valence-electron chi connectivity index (χ4n) is 3.05. The maximum Gasteiger partial charge on any atom is 0.293 e. The fraction of sp³-hybridized carbons (Fsp3) is 0.0800. The van der Waals surface area contributed by atoms with Crippen molar-refractivity contribution >= 4 is 34.8 Å². The molecule has 0 bridgehead atoms. The third kappa shape index (κ3) is 5.10. The standard InChI is InChI=1S/C25H19NO4S/c27-22(20-9-5-2-6-10-20)16-26-24(28)23(31-25(26)29)15-18-11-13-21(14-12-18)30-17-19-7-3-1-4-8-19/h1-15H,16-17H2. The highest BCUT2D eigenvalue weighted by Gasteiger charge is 2.36. The second-order valence-corrected chi connectivity index (χ2v) is 7.89. The van der Waals surface area contributed by atoms with Gasteiger partial charge in [0.25, 0.3) is 11.1 Å². The number of carbonyl (C=O) groups excluding carboxylic acids is 3. The summed E-state index contributed by atoms with van der Waals surface area (Å²) in [4.78, 5) is 38.6. The fourth-order valence-corrected chi connectivity index (χ4v) is 3.89. The highest BCUT2D eigenvalue weighted by molar-refractivity contribution is 8.18. The van der Waals surface area contributed by atoms with Crippen LogP contribution in [0.15, 0.2) is 89.8 Å². The van der Waals surface area contributed by atoms with Crippen LogP contribution in [0, 0.1) is 0 Å². The van der Waals surface area contributed by atoms with Crippen molar-refractivity contribution in [1.82, 2.24) is 4.90 Å². The molecule has 1 heterocycles. The van der Waals surface area contributed by atoms with E-state index < -0.39 is 11.1 Å². The van der Waals surface area contributed by atoms with Gasteiger partial charge >= 0.3 is 0 Å². The zero-order valence-corrected chi connectivity index (χ0v) is 17.4. The average Bonchev–Trinajstić information content (AvgIpc) is 3.07. The molecule has 1 saturated heterocycles. The molecule has 0 spiro atoms. The summed E-state index contributed by atoms with van der Waals surface area (Å²) in [5.41, 5.74) is 2.31. The van der Waals surface area contributed by atoms with E-state index in [1.807, 2.05) is 54.6 Å². The summed E-state index contributed by atoms with van der Waals surface area (Å²) >= 11 is 0.841. The average molecular weight is 429 g/mol. The molecule has 0 N–H and O–H groups in total. The summed E-state index contributed by atoms with van der Waals surface area (Å²) in [6.45, 7) is 0.201. The number of amides is 2. The van der Waals surface area contributed by atoms with E-state index in [2.05, 4.69) is 0 Å². The number of Topliss-reactive ketones (excluding diaryl/α,β-unsaturated/α-hetero) is 1. The third-order valence-electron chi connectivity index (χ3n) is 4.70. The smallest absolute Gasteiger partial charge is 0.293 e. The molecule has 0 atom stereocenters. The number of benzene rings is 3. The first kappa shape index (κ1) is 20.6. The van der Waals surface area contributed by atoms with Crippen molar-refractivity contribution in [2.45, 2.75) is 6.61 Å². The van der Waals surface area contributed by atoms with Gasteiger partial charge < -0.3 is 4.74 Å². The van der Waals surface area contributed by atoms with Gasteiger partial charge in [-0.15, -0.1) is 0 Å². The van der Waals surface area contributed by atoms with Crippen molar-refractivity contribution in [2.24, 2.45) is 0 Å². The van der Waals surface area contributed by atoms with E-state index in [-0.39, 0.29) is 12.3 Å². The molecule has 0 saturated carbocycles. The summed E-state index contributed by atoms with van der Waals surface area (Å²) in [7, 11) is 0. The Labute approximate surface area is 184 Å². The van der Waals surface area contributed by atoms with Crippen LogP contribution in [-0.2, 0) is 11.4 Å². The predicted octanol–water partition coefficient (Wildman–Crippen LogP) is 5.18. The van der Waals surface area contributed by atoms with E-state index in [0.717, 1.165) is 27.8 Å². The maximum atomic E-state index is 12.7. The van der Waals surface area contributed by atoms with Crippen LogP contribution in [0.3, 0.4) is 0 Å². The lowest BCUT2D eigenvalue weighted by atomic mass is 10.1. The van der Waals surface area contributed by atoms with E-state index in [4.69, 9.17) is 4.74 Å². The van der Waals surface area contributed by atoms with Crippen molar-refractivity contribution in [2.75, 3.05) is 6.54 Å². The molecule has 1 aliphatic heterocycles. The van der Waals surface area contributed by atoms with Crippen molar-refractivity contribution in [3.63, 3.8) is 0 Å². The molecule has 1 aliphatic rings. The Morgan fingerprint density at radius 3 is 2.19 bits per heavy atom. The number of hydrogen-bond donors (Lipinski definition) is 0. The monoisotopic (exact) mass is 429 g/mol. The Morgan fingerprint density at radius 1 is 0.871 bits per heavy atom. The molecule has 31 heavy (non-hydrogen) atoms. The van der Waals surface area contributed by atoms with Gasteiger partial charge in [-0.2, -0.15) is 0 Å². The van der Waals surface area contributed by atoms with E-state index in [1.165, 1.54) is 0 Å². The lowest BCUT2D eigenvalue weighted by Crippen LogP contribution is -2.33. The van der Waals surface area contributed by atoms with Gasteiger partial charge in [-0.25, -0.2) is 0 Å². The van der Waals surface area contributed by atoms with Crippen LogP contribution in [0.4, 0.5) is 4.79 Å². The largest absolute Gasteiger partial charge is 0.489 e. The Bertz CT molecular complexity index is 1130. The van der Waals surface area contributed by atoms with Crippen LogP contribution in [-0.4, -0.2) is 28.4 Å². The molecule has 1 fully saturated rings. The molecule has 5 nitrogen and oxygen atoms in total. The summed E-state index contributed by atoms with van der Waals surface area (Å²) < 4.78 is 5.77. The number of ketones is 1. The summed E-state index contributed by atoms with van der Waals surface area (Å²) in [6.07, 6.45) is 1.65. The quantitative estimate of drug-likeness (QED) is 0.382. The minimum atomic E-state index is -0.455. The number of hydrogen-bond acceptors (Lipinski definition) is 5. The van der Waals surface area contributed by atoms with Gasteiger partial charge in [0, 0.05) is 5.56 Å². The Balaban J connectivity index is 1.40. The highest BCUT2D eigenvalue weighted by Crippen LogP contribution is 2.32. The van der Waals surface area contributed by atoms with E-state index in [0.29, 0.717) is 22.8 Å². The van der Waals surface area contributed by atoms with Crippen LogP contribution in [0.5, 0.6) is 5.75 Å². The molecule has 154 valence electrons. The normalized spacial score (nSPS) is 14.8. The summed E-state index contributed by atoms with van der Waals surface area (Å²) in [6, 6.07) is 25.8. The molecular weight excluding hydrogens is 410 g/mol. The lowest BCUT2D eigenvalue weighted by molar-refractivity contribution is -0.122. The van der Waals surface area contributed by atoms with Crippen molar-refractivity contribution < 1.29 is 19.1 Å². The predicted molar refractivity (Wildman–Crippen MR) is 121 cm³/mol. The molecular formula is C25H19NO4S. The molecule has 0 aromatic heterocycles. The van der Waals surface area contributed by atoms with Gasteiger partial charge in [-0.05, 0) is 41.1 Å². The molecule has 0 unspecified atom stereocenters. The minimum absolute atomic E-state index is 0.266. The summed E-state index contributed by atoms with van der Waals surface area (Å²) in [5, 5.41) is -0.441. The van der Waals surface area contributed by atoms with Crippen LogP contribution in [0.1, 0.15) is 21.5 Å². The molecule has 2 amide bonds. The Hall–Kier alpha value is -3.64. The first-order valence-electron chi connectivity index (χ1n) is 9.70. The van der Waals surface area contributed by atoms with Crippen LogP contribution < -0.4 is 4.74 Å². The van der Waals surface area contributed by atoms with E-state index in [9.17, 15) is 14.4 Å². The first-order valence-corrected chi connectivity index (χ1v) is 10.5. The van der Waals surface area contributed by atoms with E-state index in [1.54, 1.807) is 36.4 Å². The number of carbonyl (C=O) groups is 3. The summed E-state index contributed by atoms with van der Waals surface area (Å²) in [5.74, 6) is -0.0182. The second kappa shape index (κ2) is 9.45. The lowest BCUT2D eigenvalue weighted by Gasteiger charge is -2.11. The van der Waals surface area contributed by atoms with Gasteiger partial charge in [-0.3, -0.25) is 19.3 Å². The van der Waals surface area contributed by atoms with Gasteiger partial charge in [0.05, 0.1) is 11.4 Å². The third-order valence-corrected chi connectivity index (χ3v) is 5.60.